The summed E-state index contributed by atoms with van der Waals surface area (Å²) in [5, 5.41) is 6.87. The first kappa shape index (κ1) is 16.9. The van der Waals surface area contributed by atoms with Gasteiger partial charge in [0.1, 0.15) is 22.8 Å². The molecule has 136 valence electrons. The lowest BCUT2D eigenvalue weighted by Gasteiger charge is -2.35. The van der Waals surface area contributed by atoms with Gasteiger partial charge in [0, 0.05) is 50.4 Å². The topological polar surface area (TPSA) is 88.8 Å². The van der Waals surface area contributed by atoms with Gasteiger partial charge in [-0.15, -0.1) is 11.3 Å². The summed E-state index contributed by atoms with van der Waals surface area (Å²) in [5.41, 5.74) is 1.39. The summed E-state index contributed by atoms with van der Waals surface area (Å²) in [6.45, 7) is 5.08. The second-order valence-electron chi connectivity index (χ2n) is 6.07. The van der Waals surface area contributed by atoms with E-state index in [0.29, 0.717) is 31.2 Å². The molecule has 1 aliphatic rings. The Morgan fingerprint density at radius 1 is 1.27 bits per heavy atom. The van der Waals surface area contributed by atoms with E-state index in [9.17, 15) is 4.79 Å². The Balaban J connectivity index is 1.46. The second-order valence-corrected chi connectivity index (χ2v) is 7.01. The van der Waals surface area contributed by atoms with Crippen molar-refractivity contribution < 1.29 is 9.53 Å². The number of aryl methyl sites for hydroxylation is 1. The number of methoxy groups -OCH3 is 1. The van der Waals surface area contributed by atoms with Crippen LogP contribution in [0, 0.1) is 6.92 Å². The van der Waals surface area contributed by atoms with Gasteiger partial charge in [0.15, 0.2) is 0 Å². The number of fused-ring (bicyclic) bond motifs is 1. The maximum atomic E-state index is 12.7. The summed E-state index contributed by atoms with van der Waals surface area (Å²) in [5.74, 6) is 1.51. The van der Waals surface area contributed by atoms with Crippen LogP contribution in [0.1, 0.15) is 21.2 Å². The molecule has 0 spiro atoms. The molecule has 10 heteroatoms. The van der Waals surface area contributed by atoms with Gasteiger partial charge in [-0.3, -0.25) is 4.79 Å². The first-order chi connectivity index (χ1) is 12.7. The van der Waals surface area contributed by atoms with Crippen molar-refractivity contribution in [2.24, 2.45) is 0 Å². The predicted octanol–water partition coefficient (Wildman–Crippen LogP) is 0.998. The number of rotatable bonds is 4. The Bertz CT molecular complexity index is 930. The summed E-state index contributed by atoms with van der Waals surface area (Å²) in [6, 6.07) is 2.00. The van der Waals surface area contributed by atoms with Gasteiger partial charge in [0.2, 0.25) is 0 Å². The maximum absolute atomic E-state index is 12.7. The molecule has 0 atom stereocenters. The number of thiazole rings is 1. The predicted molar refractivity (Wildman–Crippen MR) is 96.5 cm³/mol. The van der Waals surface area contributed by atoms with E-state index >= 15 is 0 Å². The molecular weight excluding hydrogens is 354 g/mol. The van der Waals surface area contributed by atoms with Gasteiger partial charge in [-0.1, -0.05) is 0 Å². The van der Waals surface area contributed by atoms with Gasteiger partial charge >= 0.3 is 0 Å². The molecule has 1 fully saturated rings. The quantitative estimate of drug-likeness (QED) is 0.674. The molecule has 0 aliphatic carbocycles. The van der Waals surface area contributed by atoms with E-state index in [1.807, 2.05) is 17.9 Å². The van der Waals surface area contributed by atoms with Crippen LogP contribution >= 0.6 is 11.3 Å². The Labute approximate surface area is 154 Å². The molecule has 4 rings (SSSR count). The van der Waals surface area contributed by atoms with Gasteiger partial charge in [-0.05, 0) is 6.92 Å². The normalized spacial score (nSPS) is 15.0. The van der Waals surface area contributed by atoms with Crippen LogP contribution in [0.3, 0.4) is 0 Å². The molecule has 0 radical (unpaired) electrons. The Kier molecular flexibility index (Phi) is 4.51. The molecule has 3 aromatic rings. The Morgan fingerprint density at radius 3 is 2.85 bits per heavy atom. The third-order valence-electron chi connectivity index (χ3n) is 4.29. The van der Waals surface area contributed by atoms with Gasteiger partial charge in [0.05, 0.1) is 6.61 Å². The van der Waals surface area contributed by atoms with Gasteiger partial charge in [0.25, 0.3) is 11.7 Å². The highest BCUT2D eigenvalue weighted by molar-refractivity contribution is 7.09. The molecule has 0 aromatic carbocycles. The summed E-state index contributed by atoms with van der Waals surface area (Å²) < 4.78 is 6.80. The summed E-state index contributed by atoms with van der Waals surface area (Å²) in [4.78, 5) is 29.6. The standard InChI is InChI=1S/C16H19N7O2S/c1-11-7-14(23-16(19-11)17-10-18-23)21-3-5-22(6-4-21)15(24)12-9-26-13(20-12)8-25-2/h7,9-10H,3-6,8H2,1-2H3. The van der Waals surface area contributed by atoms with Crippen LogP contribution in [-0.4, -0.2) is 68.7 Å². The lowest BCUT2D eigenvalue weighted by atomic mass is 10.2. The van der Waals surface area contributed by atoms with Crippen molar-refractivity contribution in [1.29, 1.82) is 0 Å². The molecule has 4 heterocycles. The van der Waals surface area contributed by atoms with E-state index in [4.69, 9.17) is 4.74 Å². The molecular formula is C16H19N7O2S. The van der Waals surface area contributed by atoms with Crippen molar-refractivity contribution in [3.8, 4) is 0 Å². The molecule has 3 aromatic heterocycles. The van der Waals surface area contributed by atoms with Gasteiger partial charge in [-0.25, -0.2) is 9.97 Å². The first-order valence-electron chi connectivity index (χ1n) is 8.30. The van der Waals surface area contributed by atoms with E-state index in [-0.39, 0.29) is 5.91 Å². The van der Waals surface area contributed by atoms with Crippen molar-refractivity contribution in [2.45, 2.75) is 13.5 Å². The number of aromatic nitrogens is 5. The number of carbonyl (C=O) groups is 1. The smallest absolute Gasteiger partial charge is 0.273 e. The lowest BCUT2D eigenvalue weighted by Crippen LogP contribution is -2.49. The number of hydrogen-bond acceptors (Lipinski definition) is 8. The van der Waals surface area contributed by atoms with Crippen molar-refractivity contribution >= 4 is 28.8 Å². The van der Waals surface area contributed by atoms with Crippen LogP contribution < -0.4 is 4.90 Å². The van der Waals surface area contributed by atoms with Crippen molar-refractivity contribution in [3.05, 3.63) is 34.2 Å². The molecule has 0 N–H and O–H groups in total. The number of amides is 1. The zero-order valence-electron chi connectivity index (χ0n) is 14.6. The molecule has 1 saturated heterocycles. The highest BCUT2D eigenvalue weighted by atomic mass is 32.1. The molecule has 0 saturated carbocycles. The van der Waals surface area contributed by atoms with Gasteiger partial charge in [-0.2, -0.15) is 14.6 Å². The number of anilines is 1. The van der Waals surface area contributed by atoms with Crippen LogP contribution in [0.2, 0.25) is 0 Å². The van der Waals surface area contributed by atoms with E-state index in [1.165, 1.54) is 17.7 Å². The lowest BCUT2D eigenvalue weighted by molar-refractivity contribution is 0.0740. The van der Waals surface area contributed by atoms with Crippen LogP contribution in [0.15, 0.2) is 17.8 Å². The average molecular weight is 373 g/mol. The Hall–Kier alpha value is -2.59. The van der Waals surface area contributed by atoms with Crippen molar-refractivity contribution in [1.82, 2.24) is 29.5 Å². The van der Waals surface area contributed by atoms with Crippen LogP contribution in [-0.2, 0) is 11.3 Å². The molecule has 0 bridgehead atoms. The zero-order chi connectivity index (χ0) is 18.1. The van der Waals surface area contributed by atoms with E-state index in [0.717, 1.165) is 29.6 Å². The number of piperazine rings is 1. The van der Waals surface area contributed by atoms with Crippen LogP contribution in [0.5, 0.6) is 0 Å². The minimum absolute atomic E-state index is 0.0277. The van der Waals surface area contributed by atoms with Crippen LogP contribution in [0.4, 0.5) is 5.82 Å². The minimum Gasteiger partial charge on any atom is -0.378 e. The maximum Gasteiger partial charge on any atom is 0.273 e. The molecule has 1 aliphatic heterocycles. The third-order valence-corrected chi connectivity index (χ3v) is 5.11. The molecule has 1 amide bonds. The fourth-order valence-corrected chi connectivity index (χ4v) is 3.77. The number of hydrogen-bond donors (Lipinski definition) is 0. The first-order valence-corrected chi connectivity index (χ1v) is 9.18. The average Bonchev–Trinajstić information content (AvgIpc) is 3.30. The van der Waals surface area contributed by atoms with E-state index in [1.54, 1.807) is 17.0 Å². The second kappa shape index (κ2) is 6.96. The van der Waals surface area contributed by atoms with Crippen molar-refractivity contribution in [2.75, 3.05) is 38.2 Å². The number of ether oxygens (including phenoxy) is 1. The third kappa shape index (κ3) is 3.13. The minimum atomic E-state index is -0.0277. The fourth-order valence-electron chi connectivity index (χ4n) is 3.04. The monoisotopic (exact) mass is 373 g/mol. The Morgan fingerprint density at radius 2 is 2.08 bits per heavy atom. The summed E-state index contributed by atoms with van der Waals surface area (Å²) in [6.07, 6.45) is 1.50. The van der Waals surface area contributed by atoms with E-state index < -0.39 is 0 Å². The summed E-state index contributed by atoms with van der Waals surface area (Å²) >= 11 is 1.45. The van der Waals surface area contributed by atoms with Crippen LogP contribution in [0.25, 0.3) is 5.78 Å². The SMILES string of the molecule is COCc1nc(C(=O)N2CCN(c3cc(C)nc4ncnn34)CC2)cs1. The highest BCUT2D eigenvalue weighted by Gasteiger charge is 2.25. The van der Waals surface area contributed by atoms with Crippen molar-refractivity contribution in [3.63, 3.8) is 0 Å². The highest BCUT2D eigenvalue weighted by Crippen LogP contribution is 2.19. The number of carbonyl (C=O) groups excluding carboxylic acids is 1. The molecule has 26 heavy (non-hydrogen) atoms. The number of nitrogens with zero attached hydrogens (tertiary/aromatic N) is 7. The van der Waals surface area contributed by atoms with Gasteiger partial charge < -0.3 is 14.5 Å². The molecule has 9 nitrogen and oxygen atoms in total. The largest absolute Gasteiger partial charge is 0.378 e. The zero-order valence-corrected chi connectivity index (χ0v) is 15.4. The fraction of sp³-hybridized carbons (Fsp3) is 0.438. The summed E-state index contributed by atoms with van der Waals surface area (Å²) in [7, 11) is 1.62. The van der Waals surface area contributed by atoms with E-state index in [2.05, 4.69) is 25.0 Å². The molecule has 0 unspecified atom stereocenters.